The van der Waals surface area contributed by atoms with Crippen molar-refractivity contribution in [3.8, 4) is 10.8 Å². The second-order valence-electron chi connectivity index (χ2n) is 9.58. The highest BCUT2D eigenvalue weighted by molar-refractivity contribution is 7.89. The number of anilines is 1. The number of alkyl halides is 2. The minimum absolute atomic E-state index is 0.0957. The molecule has 1 saturated heterocycles. The number of pyridine rings is 1. The summed E-state index contributed by atoms with van der Waals surface area (Å²) in [5, 5.41) is 7.25. The van der Waals surface area contributed by atoms with E-state index >= 15 is 0 Å². The van der Waals surface area contributed by atoms with Crippen molar-refractivity contribution in [2.45, 2.75) is 62.5 Å². The third-order valence-electron chi connectivity index (χ3n) is 7.02. The Morgan fingerprint density at radius 1 is 1.26 bits per heavy atom. The highest BCUT2D eigenvalue weighted by Crippen LogP contribution is 2.38. The van der Waals surface area contributed by atoms with Gasteiger partial charge in [-0.3, -0.25) is 4.40 Å². The molecule has 1 aliphatic carbocycles. The van der Waals surface area contributed by atoms with E-state index in [0.29, 0.717) is 11.4 Å². The van der Waals surface area contributed by atoms with Gasteiger partial charge < -0.3 is 9.64 Å². The van der Waals surface area contributed by atoms with Crippen LogP contribution in [0.25, 0.3) is 16.3 Å². The lowest BCUT2D eigenvalue weighted by atomic mass is 9.92. The molecule has 2 aliphatic rings. The Balaban J connectivity index is 1.58. The number of nitrogens with one attached hydrogen (secondary N) is 1. The summed E-state index contributed by atoms with van der Waals surface area (Å²) >= 11 is 0.746. The second-order valence-corrected chi connectivity index (χ2v) is 12.3. The van der Waals surface area contributed by atoms with Crippen LogP contribution in [0.4, 0.5) is 14.5 Å². The molecule has 0 spiro atoms. The third-order valence-corrected chi connectivity index (χ3v) is 9.55. The fourth-order valence-corrected chi connectivity index (χ4v) is 6.68. The highest BCUT2D eigenvalue weighted by Gasteiger charge is 2.41. The van der Waals surface area contributed by atoms with Gasteiger partial charge in [-0.15, -0.1) is 10.2 Å². The maximum atomic E-state index is 13.3. The summed E-state index contributed by atoms with van der Waals surface area (Å²) in [6.07, 6.45) is 3.90. The Bertz CT molecular complexity index is 1330. The zero-order valence-electron chi connectivity index (χ0n) is 19.7. The van der Waals surface area contributed by atoms with Crippen LogP contribution < -0.4 is 9.62 Å². The number of rotatable bonds is 8. The van der Waals surface area contributed by atoms with Crippen LogP contribution in [0, 0.1) is 5.92 Å². The number of nitrogens with zero attached hydrogens (tertiary/aromatic N) is 5. The molecule has 1 unspecified atom stereocenters. The standard InChI is InChI=1S/C22H28F2N6O3S2/c1-13(33-3)14-4-8-29(9-5-14)16-10-15(35(31,32)28-22(2)6-7-22)12-30-17(16)11-25-19(30)21-27-26-20(34-21)18(23)24/h10-14,18,28H,4-9H2,1-3H3. The summed E-state index contributed by atoms with van der Waals surface area (Å²) in [6.45, 7) is 5.41. The van der Waals surface area contributed by atoms with Crippen molar-refractivity contribution in [1.29, 1.82) is 0 Å². The van der Waals surface area contributed by atoms with Gasteiger partial charge in [0, 0.05) is 31.9 Å². The molecule has 3 aromatic rings. The Morgan fingerprint density at radius 3 is 2.57 bits per heavy atom. The van der Waals surface area contributed by atoms with E-state index in [1.165, 1.54) is 6.20 Å². The number of aromatic nitrogens is 4. The maximum Gasteiger partial charge on any atom is 0.291 e. The molecule has 1 atom stereocenters. The number of ether oxygens (including phenoxy) is 1. The first-order valence-electron chi connectivity index (χ1n) is 11.5. The van der Waals surface area contributed by atoms with Gasteiger partial charge >= 0.3 is 0 Å². The molecule has 0 bridgehead atoms. The Kier molecular flexibility index (Phi) is 6.31. The van der Waals surface area contributed by atoms with Crippen LogP contribution in [0.3, 0.4) is 0 Å². The lowest BCUT2D eigenvalue weighted by Gasteiger charge is -2.36. The zero-order valence-corrected chi connectivity index (χ0v) is 21.4. The van der Waals surface area contributed by atoms with Crippen molar-refractivity contribution < 1.29 is 21.9 Å². The van der Waals surface area contributed by atoms with Gasteiger partial charge in [0.25, 0.3) is 6.43 Å². The number of hydrogen-bond donors (Lipinski definition) is 1. The average Bonchev–Trinajstić information content (AvgIpc) is 3.21. The van der Waals surface area contributed by atoms with Crippen LogP contribution in [-0.2, 0) is 14.8 Å². The van der Waals surface area contributed by atoms with Crippen molar-refractivity contribution >= 4 is 32.6 Å². The number of halogens is 2. The molecule has 4 heterocycles. The summed E-state index contributed by atoms with van der Waals surface area (Å²) in [7, 11) is -2.11. The summed E-state index contributed by atoms with van der Waals surface area (Å²) < 4.78 is 62.8. The summed E-state index contributed by atoms with van der Waals surface area (Å²) in [6, 6.07) is 1.68. The van der Waals surface area contributed by atoms with E-state index in [4.69, 9.17) is 4.74 Å². The van der Waals surface area contributed by atoms with Crippen molar-refractivity contribution in [2.75, 3.05) is 25.1 Å². The maximum absolute atomic E-state index is 13.3. The first-order chi connectivity index (χ1) is 16.6. The first kappa shape index (κ1) is 24.5. The van der Waals surface area contributed by atoms with Gasteiger partial charge in [-0.05, 0) is 51.5 Å². The van der Waals surface area contributed by atoms with Crippen molar-refractivity contribution in [3.05, 3.63) is 23.5 Å². The second kappa shape index (κ2) is 9.02. The molecular weight excluding hydrogens is 498 g/mol. The predicted octanol–water partition coefficient (Wildman–Crippen LogP) is 3.87. The van der Waals surface area contributed by atoms with Crippen LogP contribution >= 0.6 is 11.3 Å². The Morgan fingerprint density at radius 2 is 1.97 bits per heavy atom. The third kappa shape index (κ3) is 4.78. The number of piperidine rings is 1. The van der Waals surface area contributed by atoms with E-state index in [1.807, 2.05) is 6.92 Å². The fraction of sp³-hybridized carbons (Fsp3) is 0.591. The molecule has 1 aliphatic heterocycles. The molecule has 0 radical (unpaired) electrons. The number of imidazole rings is 1. The van der Waals surface area contributed by atoms with Crippen LogP contribution in [0.1, 0.15) is 51.0 Å². The topological polar surface area (TPSA) is 102 Å². The molecule has 0 amide bonds. The normalized spacial score (nSPS) is 19.5. The molecule has 1 N–H and O–H groups in total. The molecule has 3 aromatic heterocycles. The minimum Gasteiger partial charge on any atom is -0.381 e. The van der Waals surface area contributed by atoms with Gasteiger partial charge in [-0.1, -0.05) is 11.3 Å². The molecule has 0 aromatic carbocycles. The van der Waals surface area contributed by atoms with Crippen LogP contribution in [-0.4, -0.2) is 59.8 Å². The molecule has 13 heteroatoms. The van der Waals surface area contributed by atoms with Crippen molar-refractivity contribution in [1.82, 2.24) is 24.3 Å². The van der Waals surface area contributed by atoms with E-state index in [-0.39, 0.29) is 21.8 Å². The largest absolute Gasteiger partial charge is 0.381 e. The highest BCUT2D eigenvalue weighted by atomic mass is 32.2. The monoisotopic (exact) mass is 526 g/mol. The van der Waals surface area contributed by atoms with E-state index in [0.717, 1.165) is 55.8 Å². The molecule has 1 saturated carbocycles. The van der Waals surface area contributed by atoms with Crippen molar-refractivity contribution in [2.24, 2.45) is 5.92 Å². The van der Waals surface area contributed by atoms with Gasteiger partial charge in [0.1, 0.15) is 4.90 Å². The Labute approximate surface area is 206 Å². The fourth-order valence-electron chi connectivity index (χ4n) is 4.50. The van der Waals surface area contributed by atoms with Gasteiger partial charge in [-0.25, -0.2) is 26.9 Å². The molecule has 5 rings (SSSR count). The van der Waals surface area contributed by atoms with E-state index in [9.17, 15) is 17.2 Å². The molecule has 35 heavy (non-hydrogen) atoms. The van der Waals surface area contributed by atoms with Gasteiger partial charge in [0.2, 0.25) is 10.0 Å². The first-order valence-corrected chi connectivity index (χ1v) is 13.8. The van der Waals surface area contributed by atoms with Gasteiger partial charge in [0.15, 0.2) is 15.8 Å². The summed E-state index contributed by atoms with van der Waals surface area (Å²) in [4.78, 5) is 6.68. The lowest BCUT2D eigenvalue weighted by molar-refractivity contribution is 0.0564. The summed E-state index contributed by atoms with van der Waals surface area (Å²) in [5.74, 6) is 0.702. The van der Waals surface area contributed by atoms with Crippen molar-refractivity contribution in [3.63, 3.8) is 0 Å². The van der Waals surface area contributed by atoms with Gasteiger partial charge in [0.05, 0.1) is 23.5 Å². The van der Waals surface area contributed by atoms with Crippen LogP contribution in [0.2, 0.25) is 0 Å². The molecular formula is C22H28F2N6O3S2. The molecule has 190 valence electrons. The molecule has 9 nitrogen and oxygen atoms in total. The Hall–Kier alpha value is -2.22. The van der Waals surface area contributed by atoms with Crippen LogP contribution in [0.15, 0.2) is 23.4 Å². The van der Waals surface area contributed by atoms with Crippen LogP contribution in [0.5, 0.6) is 0 Å². The van der Waals surface area contributed by atoms with E-state index in [1.54, 1.807) is 23.8 Å². The SMILES string of the molecule is COC(C)C1CCN(c2cc(S(=O)(=O)NC3(C)CC3)cn3c(-c4nnc(C(F)F)s4)ncc23)CC1. The number of hydrogen-bond acceptors (Lipinski definition) is 8. The lowest BCUT2D eigenvalue weighted by Crippen LogP contribution is -2.38. The van der Waals surface area contributed by atoms with Gasteiger partial charge in [-0.2, -0.15) is 0 Å². The minimum atomic E-state index is -3.82. The molecule has 2 fully saturated rings. The van der Waals surface area contributed by atoms with E-state index < -0.39 is 27.0 Å². The zero-order chi connectivity index (χ0) is 25.0. The predicted molar refractivity (Wildman–Crippen MR) is 128 cm³/mol. The van der Waals surface area contributed by atoms with E-state index in [2.05, 4.69) is 31.7 Å². The smallest absolute Gasteiger partial charge is 0.291 e. The number of sulfonamides is 1. The number of fused-ring (bicyclic) bond motifs is 1. The summed E-state index contributed by atoms with van der Waals surface area (Å²) in [5.41, 5.74) is 0.976. The number of methoxy groups -OCH3 is 1. The average molecular weight is 527 g/mol. The quantitative estimate of drug-likeness (QED) is 0.475.